The number of nitrogen functional groups attached to an aromatic ring is 1. The molecule has 2 aromatic rings. The Balaban J connectivity index is 1.89. The molecule has 1 atom stereocenters. The van der Waals surface area contributed by atoms with Gasteiger partial charge in [0.1, 0.15) is 0 Å². The van der Waals surface area contributed by atoms with Crippen LogP contribution in [0.25, 0.3) is 10.9 Å². The molecule has 0 saturated carbocycles. The van der Waals surface area contributed by atoms with Crippen molar-refractivity contribution in [3.63, 3.8) is 0 Å². The fourth-order valence-corrected chi connectivity index (χ4v) is 3.11. The zero-order valence-corrected chi connectivity index (χ0v) is 12.5. The smallest absolute Gasteiger partial charge is 0.258 e. The van der Waals surface area contributed by atoms with Crippen LogP contribution in [0.5, 0.6) is 0 Å². The molecule has 1 aliphatic heterocycles. The minimum absolute atomic E-state index is 0.154. The van der Waals surface area contributed by atoms with E-state index in [1.54, 1.807) is 6.07 Å². The highest BCUT2D eigenvalue weighted by Crippen LogP contribution is 2.27. The molecular formula is C15H21N5O. The van der Waals surface area contributed by atoms with Crippen LogP contribution in [0, 0.1) is 5.92 Å². The van der Waals surface area contributed by atoms with Crippen LogP contribution in [0.2, 0.25) is 0 Å². The van der Waals surface area contributed by atoms with E-state index >= 15 is 0 Å². The first-order valence-electron chi connectivity index (χ1n) is 7.21. The number of fused-ring (bicyclic) bond motifs is 1. The summed E-state index contributed by atoms with van der Waals surface area (Å²) in [6, 6.07) is 3.62. The van der Waals surface area contributed by atoms with Gasteiger partial charge in [0.25, 0.3) is 5.56 Å². The van der Waals surface area contributed by atoms with Crippen LogP contribution in [0.15, 0.2) is 23.3 Å². The van der Waals surface area contributed by atoms with Crippen LogP contribution < -0.4 is 16.2 Å². The summed E-state index contributed by atoms with van der Waals surface area (Å²) in [5.74, 6) is 0.655. The number of anilines is 2. The molecular weight excluding hydrogens is 266 g/mol. The minimum Gasteiger partial charge on any atom is -0.397 e. The summed E-state index contributed by atoms with van der Waals surface area (Å²) >= 11 is 0. The first kappa shape index (κ1) is 13.9. The van der Waals surface area contributed by atoms with Crippen molar-refractivity contribution < 1.29 is 0 Å². The second-order valence-electron chi connectivity index (χ2n) is 5.96. The van der Waals surface area contributed by atoms with Crippen molar-refractivity contribution in [2.75, 3.05) is 44.4 Å². The van der Waals surface area contributed by atoms with Gasteiger partial charge in [-0.1, -0.05) is 0 Å². The Labute approximate surface area is 123 Å². The summed E-state index contributed by atoms with van der Waals surface area (Å²) in [5.41, 5.74) is 8.21. The van der Waals surface area contributed by atoms with Gasteiger partial charge in [0.15, 0.2) is 0 Å². The molecule has 112 valence electrons. The minimum atomic E-state index is -0.154. The van der Waals surface area contributed by atoms with Gasteiger partial charge in [-0.2, -0.15) is 0 Å². The average molecular weight is 287 g/mol. The number of aromatic amines is 1. The number of nitrogens with zero attached hydrogens (tertiary/aromatic N) is 3. The molecule has 3 rings (SSSR count). The zero-order chi connectivity index (χ0) is 15.0. The van der Waals surface area contributed by atoms with Crippen LogP contribution >= 0.6 is 0 Å². The molecule has 6 heteroatoms. The van der Waals surface area contributed by atoms with Gasteiger partial charge in [-0.25, -0.2) is 4.98 Å². The van der Waals surface area contributed by atoms with Crippen molar-refractivity contribution in [2.24, 2.45) is 5.92 Å². The van der Waals surface area contributed by atoms with E-state index in [9.17, 15) is 4.79 Å². The van der Waals surface area contributed by atoms with Crippen molar-refractivity contribution in [3.8, 4) is 0 Å². The van der Waals surface area contributed by atoms with Crippen LogP contribution in [-0.4, -0.2) is 48.6 Å². The number of hydrogen-bond acceptors (Lipinski definition) is 5. The van der Waals surface area contributed by atoms with Gasteiger partial charge in [-0.3, -0.25) is 4.79 Å². The Kier molecular flexibility index (Phi) is 3.55. The highest BCUT2D eigenvalue weighted by Gasteiger charge is 2.21. The van der Waals surface area contributed by atoms with E-state index in [1.807, 2.05) is 13.1 Å². The highest BCUT2D eigenvalue weighted by molar-refractivity contribution is 5.88. The second-order valence-corrected chi connectivity index (χ2v) is 5.96. The highest BCUT2D eigenvalue weighted by atomic mass is 16.1. The largest absolute Gasteiger partial charge is 0.397 e. The van der Waals surface area contributed by atoms with E-state index in [0.29, 0.717) is 22.5 Å². The topological polar surface area (TPSA) is 78.2 Å². The van der Waals surface area contributed by atoms with Gasteiger partial charge in [-0.15, -0.1) is 0 Å². The van der Waals surface area contributed by atoms with E-state index in [4.69, 9.17) is 5.73 Å². The lowest BCUT2D eigenvalue weighted by atomic mass is 10.1. The number of hydrogen-bond donors (Lipinski definition) is 2. The SMILES string of the molecule is CN1CCC(CN(C)c2cc3nc[nH]c(=O)c3cc2N)C1. The quantitative estimate of drug-likeness (QED) is 0.820. The van der Waals surface area contributed by atoms with Gasteiger partial charge >= 0.3 is 0 Å². The molecule has 1 fully saturated rings. The lowest BCUT2D eigenvalue weighted by molar-refractivity contribution is 0.396. The standard InChI is InChI=1S/C15H21N5O/c1-19-4-3-10(7-19)8-20(2)14-6-13-11(5-12(14)16)15(21)18-9-17-13/h5-6,9-10H,3-4,7-8,16H2,1-2H3,(H,17,18,21). The molecule has 0 spiro atoms. The van der Waals surface area contributed by atoms with Crippen LogP contribution in [-0.2, 0) is 0 Å². The van der Waals surface area contributed by atoms with Gasteiger partial charge in [0, 0.05) is 20.1 Å². The van der Waals surface area contributed by atoms with Crippen LogP contribution in [0.3, 0.4) is 0 Å². The molecule has 0 bridgehead atoms. The fraction of sp³-hybridized carbons (Fsp3) is 0.467. The summed E-state index contributed by atoms with van der Waals surface area (Å²) in [7, 11) is 4.20. The molecule has 3 N–H and O–H groups in total. The Morgan fingerprint density at radius 3 is 3.05 bits per heavy atom. The number of rotatable bonds is 3. The Hall–Kier alpha value is -2.08. The van der Waals surface area contributed by atoms with E-state index in [0.717, 1.165) is 25.3 Å². The van der Waals surface area contributed by atoms with Crippen LogP contribution in [0.4, 0.5) is 11.4 Å². The number of H-pyrrole nitrogens is 1. The monoisotopic (exact) mass is 287 g/mol. The Morgan fingerprint density at radius 2 is 2.33 bits per heavy atom. The van der Waals surface area contributed by atoms with Crippen molar-refractivity contribution in [3.05, 3.63) is 28.8 Å². The maximum Gasteiger partial charge on any atom is 0.258 e. The molecule has 2 heterocycles. The van der Waals surface area contributed by atoms with Gasteiger partial charge in [0.05, 0.1) is 28.6 Å². The molecule has 21 heavy (non-hydrogen) atoms. The molecule has 0 aliphatic carbocycles. The third-order valence-electron chi connectivity index (χ3n) is 4.22. The van der Waals surface area contributed by atoms with E-state index in [-0.39, 0.29) is 5.56 Å². The molecule has 6 nitrogen and oxygen atoms in total. The van der Waals surface area contributed by atoms with E-state index in [1.165, 1.54) is 12.7 Å². The fourth-order valence-electron chi connectivity index (χ4n) is 3.11. The van der Waals surface area contributed by atoms with Crippen molar-refractivity contribution in [1.29, 1.82) is 0 Å². The van der Waals surface area contributed by atoms with Gasteiger partial charge in [-0.05, 0) is 38.1 Å². The van der Waals surface area contributed by atoms with E-state index < -0.39 is 0 Å². The average Bonchev–Trinajstić information content (AvgIpc) is 2.84. The van der Waals surface area contributed by atoms with Gasteiger partial charge < -0.3 is 20.5 Å². The first-order chi connectivity index (χ1) is 10.0. The molecule has 0 amide bonds. The van der Waals surface area contributed by atoms with Gasteiger partial charge in [0.2, 0.25) is 0 Å². The van der Waals surface area contributed by atoms with Crippen molar-refractivity contribution in [1.82, 2.24) is 14.9 Å². The van der Waals surface area contributed by atoms with Crippen molar-refractivity contribution in [2.45, 2.75) is 6.42 Å². The van der Waals surface area contributed by atoms with E-state index in [2.05, 4.69) is 26.8 Å². The number of benzene rings is 1. The molecule has 1 unspecified atom stereocenters. The molecule has 1 aliphatic rings. The molecule has 0 radical (unpaired) electrons. The normalized spacial score (nSPS) is 19.2. The van der Waals surface area contributed by atoms with Crippen molar-refractivity contribution >= 4 is 22.3 Å². The third kappa shape index (κ3) is 2.71. The summed E-state index contributed by atoms with van der Waals surface area (Å²) in [4.78, 5) is 23.1. The maximum absolute atomic E-state index is 11.8. The zero-order valence-electron chi connectivity index (χ0n) is 12.5. The summed E-state index contributed by atoms with van der Waals surface area (Å²) in [6.07, 6.45) is 2.64. The summed E-state index contributed by atoms with van der Waals surface area (Å²) in [6.45, 7) is 3.24. The molecule has 1 saturated heterocycles. The third-order valence-corrected chi connectivity index (χ3v) is 4.22. The number of nitrogens with two attached hydrogens (primary N) is 1. The Morgan fingerprint density at radius 1 is 1.52 bits per heavy atom. The molecule has 1 aromatic heterocycles. The molecule has 1 aromatic carbocycles. The summed E-state index contributed by atoms with van der Waals surface area (Å²) < 4.78 is 0. The lowest BCUT2D eigenvalue weighted by Gasteiger charge is -2.24. The Bertz CT molecular complexity index is 711. The summed E-state index contributed by atoms with van der Waals surface area (Å²) in [5, 5.41) is 0.535. The number of nitrogens with one attached hydrogen (secondary N) is 1. The number of likely N-dealkylation sites (tertiary alicyclic amines) is 1. The number of aromatic nitrogens is 2. The maximum atomic E-state index is 11.8. The predicted molar refractivity (Wildman–Crippen MR) is 85.7 cm³/mol. The van der Waals surface area contributed by atoms with Crippen LogP contribution in [0.1, 0.15) is 6.42 Å². The predicted octanol–water partition coefficient (Wildman–Crippen LogP) is 0.893. The second kappa shape index (κ2) is 5.37. The lowest BCUT2D eigenvalue weighted by Crippen LogP contribution is -2.28. The first-order valence-corrected chi connectivity index (χ1v) is 7.21.